The maximum Gasteiger partial charge on any atom is 0.250 e. The lowest BCUT2D eigenvalue weighted by Crippen LogP contribution is -2.44. The lowest BCUT2D eigenvalue weighted by atomic mass is 10.2. The molecule has 0 aliphatic carbocycles. The van der Waals surface area contributed by atoms with Crippen LogP contribution in [0.15, 0.2) is 47.5 Å². The fraction of sp³-hybridized carbons (Fsp3) is 0.278. The van der Waals surface area contributed by atoms with Crippen molar-refractivity contribution < 1.29 is 4.52 Å². The summed E-state index contributed by atoms with van der Waals surface area (Å²) in [7, 11) is 2.08. The van der Waals surface area contributed by atoms with Crippen molar-refractivity contribution in [1.82, 2.24) is 29.9 Å². The fourth-order valence-electron chi connectivity index (χ4n) is 2.88. The molecule has 1 fully saturated rings. The van der Waals surface area contributed by atoms with Gasteiger partial charge in [-0.05, 0) is 30.8 Å². The van der Waals surface area contributed by atoms with Gasteiger partial charge in [-0.15, -0.1) is 12.4 Å². The molecule has 1 unspecified atom stereocenters. The first-order chi connectivity index (χ1) is 12.3. The second kappa shape index (κ2) is 8.27. The van der Waals surface area contributed by atoms with Crippen molar-refractivity contribution in [2.75, 3.05) is 26.7 Å². The molecule has 3 aromatic rings. The summed E-state index contributed by atoms with van der Waals surface area (Å²) in [5.74, 6) is 1.25. The van der Waals surface area contributed by atoms with Gasteiger partial charge in [-0.3, -0.25) is 4.90 Å². The maximum absolute atomic E-state index is 5.36. The SMILES string of the molecule is CN1CCNCC1c1noc(/C=C/c2ccc(-n3ccnc3)cc2)n1.Cl. The topological polar surface area (TPSA) is 72.0 Å². The van der Waals surface area contributed by atoms with Crippen molar-refractivity contribution in [1.29, 1.82) is 0 Å². The highest BCUT2D eigenvalue weighted by Crippen LogP contribution is 2.18. The van der Waals surface area contributed by atoms with Gasteiger partial charge in [0, 0.05) is 43.8 Å². The van der Waals surface area contributed by atoms with Crippen LogP contribution in [-0.2, 0) is 0 Å². The van der Waals surface area contributed by atoms with Crippen LogP contribution >= 0.6 is 12.4 Å². The molecule has 1 saturated heterocycles. The zero-order chi connectivity index (χ0) is 17.1. The van der Waals surface area contributed by atoms with Crippen molar-refractivity contribution in [3.05, 3.63) is 60.3 Å². The number of hydrogen-bond acceptors (Lipinski definition) is 6. The highest BCUT2D eigenvalue weighted by molar-refractivity contribution is 5.85. The molecule has 1 aliphatic heterocycles. The van der Waals surface area contributed by atoms with E-state index in [0.717, 1.165) is 36.7 Å². The lowest BCUT2D eigenvalue weighted by molar-refractivity contribution is 0.190. The van der Waals surface area contributed by atoms with Crippen molar-refractivity contribution in [2.24, 2.45) is 0 Å². The molecular formula is C18H21ClN6O. The molecule has 1 N–H and O–H groups in total. The number of benzene rings is 1. The summed E-state index contributed by atoms with van der Waals surface area (Å²) in [6.07, 6.45) is 9.28. The van der Waals surface area contributed by atoms with E-state index >= 15 is 0 Å². The van der Waals surface area contributed by atoms with Crippen molar-refractivity contribution >= 4 is 24.6 Å². The number of likely N-dealkylation sites (N-methyl/N-ethyl adjacent to an activating group) is 1. The van der Waals surface area contributed by atoms with E-state index in [9.17, 15) is 0 Å². The van der Waals surface area contributed by atoms with E-state index in [1.807, 2.05) is 47.2 Å². The highest BCUT2D eigenvalue weighted by atomic mass is 35.5. The summed E-state index contributed by atoms with van der Waals surface area (Å²) in [5.41, 5.74) is 2.14. The largest absolute Gasteiger partial charge is 0.335 e. The molecule has 0 spiro atoms. The first kappa shape index (κ1) is 18.3. The van der Waals surface area contributed by atoms with Crippen LogP contribution in [0.25, 0.3) is 17.8 Å². The Morgan fingerprint density at radius 3 is 2.81 bits per heavy atom. The quantitative estimate of drug-likeness (QED) is 0.758. The Morgan fingerprint density at radius 1 is 1.23 bits per heavy atom. The Morgan fingerprint density at radius 2 is 2.08 bits per heavy atom. The van der Waals surface area contributed by atoms with Gasteiger partial charge in [0.1, 0.15) is 0 Å². The fourth-order valence-corrected chi connectivity index (χ4v) is 2.88. The van der Waals surface area contributed by atoms with Crippen LogP contribution in [0.3, 0.4) is 0 Å². The van der Waals surface area contributed by atoms with Crippen LogP contribution in [-0.4, -0.2) is 51.3 Å². The third kappa shape index (κ3) is 4.01. The summed E-state index contributed by atoms with van der Waals surface area (Å²) in [6.45, 7) is 2.81. The van der Waals surface area contributed by atoms with Gasteiger partial charge < -0.3 is 14.4 Å². The highest BCUT2D eigenvalue weighted by Gasteiger charge is 2.24. The molecule has 0 bridgehead atoms. The number of hydrogen-bond donors (Lipinski definition) is 1. The first-order valence-electron chi connectivity index (χ1n) is 8.30. The molecule has 2 aromatic heterocycles. The number of halogens is 1. The van der Waals surface area contributed by atoms with Crippen LogP contribution in [0.1, 0.15) is 23.3 Å². The molecule has 0 radical (unpaired) electrons. The molecule has 4 rings (SSSR count). The molecule has 1 atom stereocenters. The third-order valence-corrected chi connectivity index (χ3v) is 4.38. The summed E-state index contributed by atoms with van der Waals surface area (Å²) >= 11 is 0. The zero-order valence-corrected chi connectivity index (χ0v) is 15.3. The number of imidazole rings is 1. The minimum Gasteiger partial charge on any atom is -0.335 e. The standard InChI is InChI=1S/C18H20N6O.ClH/c1-23-10-8-19-12-16(23)18-21-17(25-22-18)7-4-14-2-5-15(6-3-14)24-11-9-20-13-24;/h2-7,9,11,13,16,19H,8,10,12H2,1H3;1H/b7-4+;. The van der Waals surface area contributed by atoms with E-state index in [-0.39, 0.29) is 18.4 Å². The second-order valence-electron chi connectivity index (χ2n) is 6.09. The predicted octanol–water partition coefficient (Wildman–Crippen LogP) is 2.42. The summed E-state index contributed by atoms with van der Waals surface area (Å²) in [5, 5.41) is 7.48. The van der Waals surface area contributed by atoms with Crippen molar-refractivity contribution in [3.63, 3.8) is 0 Å². The van der Waals surface area contributed by atoms with Gasteiger partial charge in [0.05, 0.1) is 12.4 Å². The Hall–Kier alpha value is -2.48. The van der Waals surface area contributed by atoms with Crippen LogP contribution in [0.4, 0.5) is 0 Å². The molecule has 26 heavy (non-hydrogen) atoms. The number of aromatic nitrogens is 4. The molecule has 8 heteroatoms. The number of nitrogens with one attached hydrogen (secondary N) is 1. The van der Waals surface area contributed by atoms with Gasteiger partial charge in [-0.1, -0.05) is 17.3 Å². The molecule has 136 valence electrons. The van der Waals surface area contributed by atoms with E-state index in [1.165, 1.54) is 0 Å². The molecule has 1 aliphatic rings. The van der Waals surface area contributed by atoms with E-state index < -0.39 is 0 Å². The summed E-state index contributed by atoms with van der Waals surface area (Å²) in [6, 6.07) is 8.34. The average molecular weight is 373 g/mol. The van der Waals surface area contributed by atoms with Crippen LogP contribution in [0.2, 0.25) is 0 Å². The first-order valence-corrected chi connectivity index (χ1v) is 8.30. The number of piperazine rings is 1. The Balaban J connectivity index is 0.00000196. The molecule has 7 nitrogen and oxygen atoms in total. The Labute approximate surface area is 158 Å². The van der Waals surface area contributed by atoms with Crippen molar-refractivity contribution in [2.45, 2.75) is 6.04 Å². The van der Waals surface area contributed by atoms with E-state index in [0.29, 0.717) is 5.89 Å². The average Bonchev–Trinajstić information content (AvgIpc) is 3.33. The van der Waals surface area contributed by atoms with E-state index in [4.69, 9.17) is 4.52 Å². The summed E-state index contributed by atoms with van der Waals surface area (Å²) < 4.78 is 7.32. The summed E-state index contributed by atoms with van der Waals surface area (Å²) in [4.78, 5) is 10.8. The van der Waals surface area contributed by atoms with Crippen LogP contribution in [0.5, 0.6) is 0 Å². The second-order valence-corrected chi connectivity index (χ2v) is 6.09. The minimum atomic E-state index is 0. The zero-order valence-electron chi connectivity index (χ0n) is 14.4. The van der Waals surface area contributed by atoms with Crippen LogP contribution in [0, 0.1) is 0 Å². The predicted molar refractivity (Wildman–Crippen MR) is 102 cm³/mol. The Bertz CT molecular complexity index is 843. The lowest BCUT2D eigenvalue weighted by Gasteiger charge is -2.30. The number of nitrogens with zero attached hydrogens (tertiary/aromatic N) is 5. The number of rotatable bonds is 4. The molecule has 1 aromatic carbocycles. The molecular weight excluding hydrogens is 352 g/mol. The van der Waals surface area contributed by atoms with E-state index in [2.05, 4.69) is 32.4 Å². The third-order valence-electron chi connectivity index (χ3n) is 4.38. The maximum atomic E-state index is 5.36. The van der Waals surface area contributed by atoms with Gasteiger partial charge in [0.25, 0.3) is 5.89 Å². The molecule has 0 amide bonds. The monoisotopic (exact) mass is 372 g/mol. The molecule has 0 saturated carbocycles. The van der Waals surface area contributed by atoms with Gasteiger partial charge in [-0.2, -0.15) is 4.98 Å². The Kier molecular flexibility index (Phi) is 5.82. The van der Waals surface area contributed by atoms with Crippen LogP contribution < -0.4 is 5.32 Å². The van der Waals surface area contributed by atoms with Gasteiger partial charge >= 0.3 is 0 Å². The van der Waals surface area contributed by atoms with Crippen molar-refractivity contribution in [3.8, 4) is 5.69 Å². The smallest absolute Gasteiger partial charge is 0.250 e. The van der Waals surface area contributed by atoms with Gasteiger partial charge in [0.2, 0.25) is 0 Å². The molecule has 3 heterocycles. The minimum absolute atomic E-state index is 0. The van der Waals surface area contributed by atoms with Gasteiger partial charge in [-0.25, -0.2) is 4.98 Å². The normalized spacial score (nSPS) is 18.1. The van der Waals surface area contributed by atoms with Gasteiger partial charge in [0.15, 0.2) is 5.82 Å². The van der Waals surface area contributed by atoms with E-state index in [1.54, 1.807) is 12.5 Å².